The third kappa shape index (κ3) is 2.72. The lowest BCUT2D eigenvalue weighted by Gasteiger charge is -2.32. The van der Waals surface area contributed by atoms with Gasteiger partial charge < -0.3 is 15.3 Å². The average molecular weight is 228 g/mol. The van der Waals surface area contributed by atoms with Crippen LogP contribution in [0.25, 0.3) is 0 Å². The Morgan fingerprint density at radius 3 is 2.56 bits per heavy atom. The summed E-state index contributed by atoms with van der Waals surface area (Å²) in [5, 5.41) is 12.2. The fourth-order valence-electron chi connectivity index (χ4n) is 1.73. The van der Waals surface area contributed by atoms with Gasteiger partial charge in [0, 0.05) is 19.5 Å². The monoisotopic (exact) mass is 228 g/mol. The number of rotatable bonds is 4. The van der Waals surface area contributed by atoms with Gasteiger partial charge in [-0.1, -0.05) is 0 Å². The summed E-state index contributed by atoms with van der Waals surface area (Å²) >= 11 is 0. The molecule has 1 amide bonds. The molecule has 0 bridgehead atoms. The maximum Gasteiger partial charge on any atom is 0.329 e. The molecule has 1 unspecified atom stereocenters. The normalized spacial score (nSPS) is 20.8. The molecular formula is C11H20N2O3. The Hall–Kier alpha value is -1.10. The Kier molecular flexibility index (Phi) is 3.91. The predicted molar refractivity (Wildman–Crippen MR) is 60.1 cm³/mol. The second kappa shape index (κ2) is 4.82. The van der Waals surface area contributed by atoms with Crippen LogP contribution < -0.4 is 5.32 Å². The van der Waals surface area contributed by atoms with Crippen LogP contribution in [0.5, 0.6) is 0 Å². The zero-order valence-corrected chi connectivity index (χ0v) is 10.1. The van der Waals surface area contributed by atoms with Gasteiger partial charge in [-0.3, -0.25) is 4.79 Å². The second-order valence-corrected chi connectivity index (χ2v) is 4.81. The van der Waals surface area contributed by atoms with Crippen molar-refractivity contribution in [2.75, 3.05) is 13.6 Å². The number of nitrogens with one attached hydrogen (secondary N) is 1. The molecule has 1 heterocycles. The van der Waals surface area contributed by atoms with Crippen molar-refractivity contribution in [3.63, 3.8) is 0 Å². The first-order valence-corrected chi connectivity index (χ1v) is 5.59. The van der Waals surface area contributed by atoms with Crippen LogP contribution in [0.1, 0.15) is 33.1 Å². The molecule has 92 valence electrons. The van der Waals surface area contributed by atoms with Gasteiger partial charge in [-0.15, -0.1) is 0 Å². The van der Waals surface area contributed by atoms with Crippen LogP contribution in [0.2, 0.25) is 0 Å². The first kappa shape index (κ1) is 13.0. The van der Waals surface area contributed by atoms with E-state index in [1.54, 1.807) is 7.05 Å². The van der Waals surface area contributed by atoms with Gasteiger partial charge in [-0.25, -0.2) is 4.79 Å². The van der Waals surface area contributed by atoms with E-state index in [4.69, 9.17) is 5.11 Å². The highest BCUT2D eigenvalue weighted by Crippen LogP contribution is 2.16. The van der Waals surface area contributed by atoms with Crippen LogP contribution in [-0.4, -0.2) is 47.1 Å². The molecule has 1 fully saturated rings. The number of carbonyl (C=O) groups excluding carboxylic acids is 1. The van der Waals surface area contributed by atoms with Crippen LogP contribution in [-0.2, 0) is 9.59 Å². The number of amides is 1. The van der Waals surface area contributed by atoms with Gasteiger partial charge in [-0.2, -0.15) is 0 Å². The molecule has 0 aliphatic carbocycles. The minimum Gasteiger partial charge on any atom is -0.480 e. The van der Waals surface area contributed by atoms with E-state index in [1.165, 1.54) is 18.7 Å². The summed E-state index contributed by atoms with van der Waals surface area (Å²) in [6.45, 7) is 4.02. The third-order valence-electron chi connectivity index (χ3n) is 3.32. The Labute approximate surface area is 95.8 Å². The summed E-state index contributed by atoms with van der Waals surface area (Å²) in [7, 11) is 1.55. The van der Waals surface area contributed by atoms with Crippen LogP contribution in [0.15, 0.2) is 0 Å². The Morgan fingerprint density at radius 2 is 2.12 bits per heavy atom. The number of hydrogen-bond donors (Lipinski definition) is 2. The van der Waals surface area contributed by atoms with Gasteiger partial charge in [0.15, 0.2) is 0 Å². The van der Waals surface area contributed by atoms with E-state index in [-0.39, 0.29) is 11.9 Å². The van der Waals surface area contributed by atoms with Crippen LogP contribution >= 0.6 is 0 Å². The van der Waals surface area contributed by atoms with Crippen molar-refractivity contribution in [3.8, 4) is 0 Å². The van der Waals surface area contributed by atoms with Gasteiger partial charge in [0.2, 0.25) is 5.91 Å². The molecule has 1 saturated heterocycles. The first-order valence-electron chi connectivity index (χ1n) is 5.59. The van der Waals surface area contributed by atoms with Crippen molar-refractivity contribution in [1.29, 1.82) is 0 Å². The molecule has 0 spiro atoms. The molecular weight excluding hydrogens is 208 g/mol. The fourth-order valence-corrected chi connectivity index (χ4v) is 1.73. The number of aliphatic carboxylic acids is 1. The number of likely N-dealkylation sites (N-methyl/N-ethyl adjacent to an activating group) is 1. The molecule has 0 aromatic heterocycles. The molecule has 16 heavy (non-hydrogen) atoms. The molecule has 1 aliphatic rings. The molecule has 5 nitrogen and oxygen atoms in total. The average Bonchev–Trinajstić information content (AvgIpc) is 2.68. The summed E-state index contributed by atoms with van der Waals surface area (Å²) in [5.41, 5.74) is -1.14. The Morgan fingerprint density at radius 1 is 1.50 bits per heavy atom. The van der Waals surface area contributed by atoms with Crippen molar-refractivity contribution in [1.82, 2.24) is 10.2 Å². The van der Waals surface area contributed by atoms with E-state index in [0.29, 0.717) is 6.42 Å². The molecule has 1 aliphatic heterocycles. The fraction of sp³-hybridized carbons (Fsp3) is 0.818. The summed E-state index contributed by atoms with van der Waals surface area (Å²) in [4.78, 5) is 24.2. The Balaban J connectivity index is 2.55. The van der Waals surface area contributed by atoms with E-state index in [1.807, 2.05) is 0 Å². The topological polar surface area (TPSA) is 69.6 Å². The van der Waals surface area contributed by atoms with Crippen molar-refractivity contribution in [3.05, 3.63) is 0 Å². The van der Waals surface area contributed by atoms with Gasteiger partial charge >= 0.3 is 5.97 Å². The number of carbonyl (C=O) groups is 2. The van der Waals surface area contributed by atoms with Crippen molar-refractivity contribution in [2.45, 2.75) is 44.7 Å². The van der Waals surface area contributed by atoms with E-state index < -0.39 is 11.5 Å². The summed E-state index contributed by atoms with van der Waals surface area (Å²) < 4.78 is 0. The molecule has 0 radical (unpaired) electrons. The lowest BCUT2D eigenvalue weighted by atomic mass is 10.0. The molecule has 2 N–H and O–H groups in total. The van der Waals surface area contributed by atoms with Gasteiger partial charge in [0.1, 0.15) is 5.54 Å². The number of hydrogen-bond acceptors (Lipinski definition) is 3. The SMILES string of the molecule is CN(C(=O)CC1CCCN1)C(C)(C)C(=O)O. The zero-order valence-electron chi connectivity index (χ0n) is 10.1. The summed E-state index contributed by atoms with van der Waals surface area (Å²) in [6.07, 6.45) is 2.46. The van der Waals surface area contributed by atoms with Gasteiger partial charge in [-0.05, 0) is 33.2 Å². The van der Waals surface area contributed by atoms with Gasteiger partial charge in [0.05, 0.1) is 0 Å². The quantitative estimate of drug-likeness (QED) is 0.733. The van der Waals surface area contributed by atoms with Crippen molar-refractivity contribution < 1.29 is 14.7 Å². The van der Waals surface area contributed by atoms with E-state index in [9.17, 15) is 9.59 Å². The summed E-state index contributed by atoms with van der Waals surface area (Å²) in [6, 6.07) is 0.208. The minimum absolute atomic E-state index is 0.119. The van der Waals surface area contributed by atoms with Gasteiger partial charge in [0.25, 0.3) is 0 Å². The number of nitrogens with zero attached hydrogens (tertiary/aromatic N) is 1. The van der Waals surface area contributed by atoms with Crippen molar-refractivity contribution >= 4 is 11.9 Å². The maximum absolute atomic E-state index is 11.9. The largest absolute Gasteiger partial charge is 0.480 e. The summed E-state index contributed by atoms with van der Waals surface area (Å²) in [5.74, 6) is -1.10. The van der Waals surface area contributed by atoms with Crippen LogP contribution in [0.3, 0.4) is 0 Å². The molecule has 5 heteroatoms. The standard InChI is InChI=1S/C11H20N2O3/c1-11(2,10(15)16)13(3)9(14)7-8-5-4-6-12-8/h8,12H,4-7H2,1-3H3,(H,15,16). The zero-order chi connectivity index (χ0) is 12.3. The van der Waals surface area contributed by atoms with Crippen LogP contribution in [0, 0.1) is 0 Å². The minimum atomic E-state index is -1.14. The highest BCUT2D eigenvalue weighted by molar-refractivity contribution is 5.86. The second-order valence-electron chi connectivity index (χ2n) is 4.81. The molecule has 0 aromatic carbocycles. The maximum atomic E-state index is 11.9. The lowest BCUT2D eigenvalue weighted by molar-refractivity contribution is -0.155. The molecule has 0 saturated carbocycles. The number of carboxylic acids is 1. The first-order chi connectivity index (χ1) is 7.35. The van der Waals surface area contributed by atoms with Crippen molar-refractivity contribution in [2.24, 2.45) is 0 Å². The van der Waals surface area contributed by atoms with E-state index in [0.717, 1.165) is 19.4 Å². The molecule has 1 atom stereocenters. The number of carboxylic acid groups (broad SMARTS) is 1. The third-order valence-corrected chi connectivity index (χ3v) is 3.32. The highest BCUT2D eigenvalue weighted by Gasteiger charge is 2.35. The Bertz CT molecular complexity index is 283. The smallest absolute Gasteiger partial charge is 0.329 e. The highest BCUT2D eigenvalue weighted by atomic mass is 16.4. The molecule has 1 rings (SSSR count). The molecule has 0 aromatic rings. The van der Waals surface area contributed by atoms with E-state index >= 15 is 0 Å². The van der Waals surface area contributed by atoms with Crippen LogP contribution in [0.4, 0.5) is 0 Å². The lowest BCUT2D eigenvalue weighted by Crippen LogP contribution is -2.51. The predicted octanol–water partition coefficient (Wildman–Crippen LogP) is 0.450. The van der Waals surface area contributed by atoms with E-state index in [2.05, 4.69) is 5.32 Å².